The molecule has 3 nitrogen and oxygen atoms in total. The van der Waals surface area contributed by atoms with E-state index in [0.29, 0.717) is 5.88 Å². The summed E-state index contributed by atoms with van der Waals surface area (Å²) in [7, 11) is 1.67. The summed E-state index contributed by atoms with van der Waals surface area (Å²) in [5.74, 6) is 2.20. The van der Waals surface area contributed by atoms with Crippen molar-refractivity contribution >= 4 is 15.9 Å². The van der Waals surface area contributed by atoms with Crippen LogP contribution in [0.4, 0.5) is 0 Å². The van der Waals surface area contributed by atoms with Crippen LogP contribution < -0.4 is 9.47 Å². The van der Waals surface area contributed by atoms with Gasteiger partial charge < -0.3 is 9.47 Å². The maximum atomic E-state index is 5.90. The molecular weight excluding hydrogens is 318 g/mol. The zero-order valence-corrected chi connectivity index (χ0v) is 13.7. The molecule has 1 aromatic heterocycles. The van der Waals surface area contributed by atoms with E-state index in [1.165, 1.54) is 0 Å². The fourth-order valence-corrected chi connectivity index (χ4v) is 2.08. The number of benzene rings is 1. The standard InChI is InChI=1S/C16H18BrNO2/c1-16(2,3)13-9-12(19-4)6-7-14(13)20-15-8-5-11(17)10-18-15/h5-10H,1-4H3. The molecule has 1 aromatic carbocycles. The molecule has 4 heteroatoms. The number of halogens is 1. The SMILES string of the molecule is COc1ccc(Oc2ccc(Br)cn2)c(C(C)(C)C)c1. The molecule has 0 unspecified atom stereocenters. The number of aromatic nitrogens is 1. The maximum absolute atomic E-state index is 5.90. The van der Waals surface area contributed by atoms with Gasteiger partial charge in [-0.15, -0.1) is 0 Å². The minimum atomic E-state index is -0.0424. The van der Waals surface area contributed by atoms with Gasteiger partial charge in [-0.3, -0.25) is 0 Å². The van der Waals surface area contributed by atoms with Gasteiger partial charge in [-0.1, -0.05) is 20.8 Å². The van der Waals surface area contributed by atoms with Crippen molar-refractivity contribution in [3.63, 3.8) is 0 Å². The largest absolute Gasteiger partial charge is 0.497 e. The summed E-state index contributed by atoms with van der Waals surface area (Å²) in [6.07, 6.45) is 1.72. The van der Waals surface area contributed by atoms with E-state index in [4.69, 9.17) is 9.47 Å². The van der Waals surface area contributed by atoms with Crippen molar-refractivity contribution in [1.82, 2.24) is 4.98 Å². The zero-order chi connectivity index (χ0) is 14.8. The highest BCUT2D eigenvalue weighted by Crippen LogP contribution is 2.36. The quantitative estimate of drug-likeness (QED) is 0.795. The van der Waals surface area contributed by atoms with Gasteiger partial charge in [0.2, 0.25) is 5.88 Å². The molecule has 20 heavy (non-hydrogen) atoms. The van der Waals surface area contributed by atoms with E-state index in [1.807, 2.05) is 30.3 Å². The number of methoxy groups -OCH3 is 1. The Labute approximate surface area is 128 Å². The number of rotatable bonds is 3. The summed E-state index contributed by atoms with van der Waals surface area (Å²) in [6, 6.07) is 9.56. The predicted molar refractivity (Wildman–Crippen MR) is 83.7 cm³/mol. The highest BCUT2D eigenvalue weighted by atomic mass is 79.9. The smallest absolute Gasteiger partial charge is 0.219 e. The normalized spacial score (nSPS) is 11.2. The van der Waals surface area contributed by atoms with Crippen molar-refractivity contribution in [2.75, 3.05) is 7.11 Å². The Kier molecular flexibility index (Phi) is 4.33. The Morgan fingerprint density at radius 2 is 1.85 bits per heavy atom. The molecule has 106 valence electrons. The van der Waals surface area contributed by atoms with Gasteiger partial charge in [0.15, 0.2) is 0 Å². The summed E-state index contributed by atoms with van der Waals surface area (Å²) in [4.78, 5) is 4.24. The molecule has 0 N–H and O–H groups in total. The van der Waals surface area contributed by atoms with E-state index in [-0.39, 0.29) is 5.41 Å². The van der Waals surface area contributed by atoms with Crippen molar-refractivity contribution in [3.8, 4) is 17.4 Å². The van der Waals surface area contributed by atoms with E-state index in [1.54, 1.807) is 13.3 Å². The summed E-state index contributed by atoms with van der Waals surface area (Å²) in [6.45, 7) is 6.43. The zero-order valence-electron chi connectivity index (χ0n) is 12.1. The lowest BCUT2D eigenvalue weighted by molar-refractivity contribution is 0.405. The molecule has 0 radical (unpaired) electrons. The van der Waals surface area contributed by atoms with Crippen LogP contribution in [-0.2, 0) is 5.41 Å². The van der Waals surface area contributed by atoms with E-state index in [9.17, 15) is 0 Å². The summed E-state index contributed by atoms with van der Waals surface area (Å²) in [5, 5.41) is 0. The van der Waals surface area contributed by atoms with Crippen LogP contribution in [0.2, 0.25) is 0 Å². The average Bonchev–Trinajstić information content (AvgIpc) is 2.40. The van der Waals surface area contributed by atoms with Crippen molar-refractivity contribution in [2.24, 2.45) is 0 Å². The molecule has 0 fully saturated rings. The fraction of sp³-hybridized carbons (Fsp3) is 0.312. The second-order valence-electron chi connectivity index (χ2n) is 5.53. The van der Waals surface area contributed by atoms with Crippen LogP contribution in [-0.4, -0.2) is 12.1 Å². The Morgan fingerprint density at radius 1 is 1.10 bits per heavy atom. The van der Waals surface area contributed by atoms with Crippen LogP contribution in [0, 0.1) is 0 Å². The Bertz CT molecular complexity index is 588. The molecule has 0 saturated heterocycles. The second kappa shape index (κ2) is 5.83. The predicted octanol–water partition coefficient (Wildman–Crippen LogP) is 4.94. The minimum Gasteiger partial charge on any atom is -0.497 e. The molecule has 1 heterocycles. The molecule has 0 saturated carbocycles. The molecule has 0 bridgehead atoms. The van der Waals surface area contributed by atoms with Crippen LogP contribution >= 0.6 is 15.9 Å². The molecule has 0 aliphatic rings. The van der Waals surface area contributed by atoms with E-state index < -0.39 is 0 Å². The summed E-state index contributed by atoms with van der Waals surface area (Å²) in [5.41, 5.74) is 1.04. The van der Waals surface area contributed by atoms with E-state index >= 15 is 0 Å². The maximum Gasteiger partial charge on any atom is 0.219 e. The summed E-state index contributed by atoms with van der Waals surface area (Å²) >= 11 is 3.36. The molecule has 0 amide bonds. The number of hydrogen-bond acceptors (Lipinski definition) is 3. The molecular formula is C16H18BrNO2. The third kappa shape index (κ3) is 3.51. The van der Waals surface area contributed by atoms with Crippen LogP contribution in [0.1, 0.15) is 26.3 Å². The van der Waals surface area contributed by atoms with Gasteiger partial charge in [0, 0.05) is 22.3 Å². The minimum absolute atomic E-state index is 0.0424. The topological polar surface area (TPSA) is 31.4 Å². The van der Waals surface area contributed by atoms with E-state index in [2.05, 4.69) is 41.7 Å². The lowest BCUT2D eigenvalue weighted by Gasteiger charge is -2.23. The lowest BCUT2D eigenvalue weighted by Crippen LogP contribution is -2.13. The fourth-order valence-electron chi connectivity index (χ4n) is 1.85. The highest BCUT2D eigenvalue weighted by Gasteiger charge is 2.20. The van der Waals surface area contributed by atoms with Gasteiger partial charge in [-0.2, -0.15) is 0 Å². The first-order valence-corrected chi connectivity index (χ1v) is 7.17. The first kappa shape index (κ1) is 14.9. The first-order valence-electron chi connectivity index (χ1n) is 6.38. The van der Waals surface area contributed by atoms with Crippen molar-refractivity contribution in [3.05, 3.63) is 46.6 Å². The number of hydrogen-bond donors (Lipinski definition) is 0. The van der Waals surface area contributed by atoms with Crippen molar-refractivity contribution < 1.29 is 9.47 Å². The molecule has 0 aliphatic carbocycles. The number of nitrogens with zero attached hydrogens (tertiary/aromatic N) is 1. The van der Waals surface area contributed by atoms with Gasteiger partial charge in [0.1, 0.15) is 11.5 Å². The molecule has 0 spiro atoms. The highest BCUT2D eigenvalue weighted by molar-refractivity contribution is 9.10. The van der Waals surface area contributed by atoms with Crippen LogP contribution in [0.3, 0.4) is 0 Å². The van der Waals surface area contributed by atoms with Gasteiger partial charge in [0.05, 0.1) is 7.11 Å². The molecule has 2 rings (SSSR count). The number of pyridine rings is 1. The second-order valence-corrected chi connectivity index (χ2v) is 6.44. The molecule has 0 aliphatic heterocycles. The monoisotopic (exact) mass is 335 g/mol. The van der Waals surface area contributed by atoms with Gasteiger partial charge in [0.25, 0.3) is 0 Å². The Morgan fingerprint density at radius 3 is 2.40 bits per heavy atom. The van der Waals surface area contributed by atoms with Gasteiger partial charge >= 0.3 is 0 Å². The van der Waals surface area contributed by atoms with Gasteiger partial charge in [-0.25, -0.2) is 4.98 Å². The lowest BCUT2D eigenvalue weighted by atomic mass is 9.86. The first-order chi connectivity index (χ1) is 9.40. The van der Waals surface area contributed by atoms with Gasteiger partial charge in [-0.05, 0) is 45.6 Å². The third-order valence-corrected chi connectivity index (χ3v) is 3.38. The molecule has 2 aromatic rings. The van der Waals surface area contributed by atoms with Crippen molar-refractivity contribution in [1.29, 1.82) is 0 Å². The number of ether oxygens (including phenoxy) is 2. The van der Waals surface area contributed by atoms with Crippen LogP contribution in [0.25, 0.3) is 0 Å². The Hall–Kier alpha value is -1.55. The van der Waals surface area contributed by atoms with E-state index in [0.717, 1.165) is 21.5 Å². The summed E-state index contributed by atoms with van der Waals surface area (Å²) < 4.78 is 12.1. The van der Waals surface area contributed by atoms with Crippen LogP contribution in [0.5, 0.6) is 17.4 Å². The third-order valence-electron chi connectivity index (χ3n) is 2.91. The molecule has 0 atom stereocenters. The Balaban J connectivity index is 2.38. The van der Waals surface area contributed by atoms with Crippen molar-refractivity contribution in [2.45, 2.75) is 26.2 Å². The average molecular weight is 336 g/mol. The van der Waals surface area contributed by atoms with Crippen LogP contribution in [0.15, 0.2) is 41.0 Å².